The minimum absolute atomic E-state index is 0.381. The van der Waals surface area contributed by atoms with E-state index in [0.717, 1.165) is 6.42 Å². The molecule has 2 amide bonds. The van der Waals surface area contributed by atoms with E-state index in [2.05, 4.69) is 10.6 Å². The molecule has 0 aliphatic heterocycles. The molecule has 88 valence electrons. The highest BCUT2D eigenvalue weighted by atomic mass is 16.4. The first kappa shape index (κ1) is 13.7. The highest BCUT2D eigenvalue weighted by Gasteiger charge is 2.17. The molecule has 0 spiro atoms. The fraction of sp³-hybridized carbons (Fsp3) is 0.800. The number of rotatable bonds is 6. The maximum Gasteiger partial charge on any atom is 0.326 e. The molecule has 0 radical (unpaired) electrons. The summed E-state index contributed by atoms with van der Waals surface area (Å²) in [5, 5.41) is 13.7. The number of hydrogen-bond donors (Lipinski definition) is 3. The van der Waals surface area contributed by atoms with Gasteiger partial charge >= 0.3 is 12.0 Å². The predicted octanol–water partition coefficient (Wildman–Crippen LogP) is 1.19. The molecule has 5 nitrogen and oxygen atoms in total. The number of urea groups is 1. The van der Waals surface area contributed by atoms with Gasteiger partial charge in [0.1, 0.15) is 6.04 Å². The molecule has 5 heteroatoms. The Bertz CT molecular complexity index is 219. The molecule has 0 aromatic rings. The van der Waals surface area contributed by atoms with Gasteiger partial charge in [0.25, 0.3) is 0 Å². The van der Waals surface area contributed by atoms with E-state index in [0.29, 0.717) is 18.9 Å². The van der Waals surface area contributed by atoms with Crippen LogP contribution >= 0.6 is 0 Å². The molecule has 0 aromatic carbocycles. The molecule has 2 unspecified atom stereocenters. The van der Waals surface area contributed by atoms with Crippen molar-refractivity contribution in [3.63, 3.8) is 0 Å². The summed E-state index contributed by atoms with van der Waals surface area (Å²) in [7, 11) is 0. The van der Waals surface area contributed by atoms with Crippen molar-refractivity contribution in [2.24, 2.45) is 5.92 Å². The SMILES string of the molecule is CCC(C)CNC(=O)NC(CC)C(=O)O. The molecular weight excluding hydrogens is 196 g/mol. The van der Waals surface area contributed by atoms with E-state index < -0.39 is 18.0 Å². The zero-order valence-electron chi connectivity index (χ0n) is 9.54. The van der Waals surface area contributed by atoms with Gasteiger partial charge in [0.2, 0.25) is 0 Å². The van der Waals surface area contributed by atoms with Crippen molar-refractivity contribution in [3.8, 4) is 0 Å². The first-order valence-electron chi connectivity index (χ1n) is 5.28. The Balaban J connectivity index is 3.86. The molecule has 0 fully saturated rings. The van der Waals surface area contributed by atoms with E-state index >= 15 is 0 Å². The second-order valence-corrected chi connectivity index (χ2v) is 3.67. The van der Waals surface area contributed by atoms with Crippen LogP contribution in [0.3, 0.4) is 0 Å². The van der Waals surface area contributed by atoms with E-state index in [9.17, 15) is 9.59 Å². The van der Waals surface area contributed by atoms with Crippen LogP contribution in [0.2, 0.25) is 0 Å². The number of amides is 2. The van der Waals surface area contributed by atoms with E-state index in [1.165, 1.54) is 0 Å². The molecule has 2 atom stereocenters. The van der Waals surface area contributed by atoms with E-state index in [1.54, 1.807) is 6.92 Å². The van der Waals surface area contributed by atoms with E-state index in [-0.39, 0.29) is 0 Å². The monoisotopic (exact) mass is 216 g/mol. The zero-order chi connectivity index (χ0) is 11.8. The Kier molecular flexibility index (Phi) is 6.49. The van der Waals surface area contributed by atoms with Crippen LogP contribution in [0.5, 0.6) is 0 Å². The largest absolute Gasteiger partial charge is 0.480 e. The van der Waals surface area contributed by atoms with E-state index in [1.807, 2.05) is 13.8 Å². The van der Waals surface area contributed by atoms with Gasteiger partial charge in [-0.05, 0) is 12.3 Å². The minimum atomic E-state index is -1.00. The quantitative estimate of drug-likeness (QED) is 0.624. The fourth-order valence-electron chi connectivity index (χ4n) is 0.959. The van der Waals surface area contributed by atoms with Crippen LogP contribution in [0.15, 0.2) is 0 Å². The van der Waals surface area contributed by atoms with Gasteiger partial charge in [-0.2, -0.15) is 0 Å². The van der Waals surface area contributed by atoms with Crippen LogP contribution in [0.4, 0.5) is 4.79 Å². The van der Waals surface area contributed by atoms with Crippen molar-refractivity contribution in [1.29, 1.82) is 0 Å². The van der Waals surface area contributed by atoms with Crippen molar-refractivity contribution < 1.29 is 14.7 Å². The second kappa shape index (κ2) is 7.09. The number of carboxylic acid groups (broad SMARTS) is 1. The van der Waals surface area contributed by atoms with Gasteiger partial charge in [0.05, 0.1) is 0 Å². The number of nitrogens with one attached hydrogen (secondary N) is 2. The van der Waals surface area contributed by atoms with Gasteiger partial charge in [0, 0.05) is 6.54 Å². The predicted molar refractivity (Wildman–Crippen MR) is 57.7 cm³/mol. The molecule has 0 rings (SSSR count). The van der Waals surface area contributed by atoms with E-state index in [4.69, 9.17) is 5.11 Å². The van der Waals surface area contributed by atoms with Gasteiger partial charge in [-0.3, -0.25) is 0 Å². The lowest BCUT2D eigenvalue weighted by Crippen LogP contribution is -2.46. The summed E-state index contributed by atoms with van der Waals surface area (Å²) in [6.45, 7) is 6.34. The third kappa shape index (κ3) is 5.93. The highest BCUT2D eigenvalue weighted by Crippen LogP contribution is 1.97. The number of carbonyl (C=O) groups excluding carboxylic acids is 1. The van der Waals surface area contributed by atoms with Crippen molar-refractivity contribution in [2.45, 2.75) is 39.7 Å². The van der Waals surface area contributed by atoms with Crippen LogP contribution < -0.4 is 10.6 Å². The maximum absolute atomic E-state index is 11.3. The summed E-state index contributed by atoms with van der Waals surface area (Å²) < 4.78 is 0. The van der Waals surface area contributed by atoms with Crippen LogP contribution in [-0.4, -0.2) is 29.7 Å². The molecule has 0 saturated heterocycles. The molecule has 15 heavy (non-hydrogen) atoms. The number of carboxylic acids is 1. The first-order valence-corrected chi connectivity index (χ1v) is 5.28. The molecule has 0 saturated carbocycles. The lowest BCUT2D eigenvalue weighted by molar-refractivity contribution is -0.139. The summed E-state index contributed by atoms with van der Waals surface area (Å²) in [6.07, 6.45) is 1.36. The Morgan fingerprint density at radius 2 is 1.87 bits per heavy atom. The molecular formula is C10H20N2O3. The molecule has 0 aromatic heterocycles. The number of hydrogen-bond acceptors (Lipinski definition) is 2. The highest BCUT2D eigenvalue weighted by molar-refractivity contribution is 5.82. The standard InChI is InChI=1S/C10H20N2O3/c1-4-7(3)6-11-10(15)12-8(5-2)9(13)14/h7-8H,4-6H2,1-3H3,(H,13,14)(H2,11,12,15). The smallest absolute Gasteiger partial charge is 0.326 e. The van der Waals surface area contributed by atoms with Crippen molar-refractivity contribution in [3.05, 3.63) is 0 Å². The number of aliphatic carboxylic acids is 1. The van der Waals surface area contributed by atoms with Gasteiger partial charge in [-0.25, -0.2) is 9.59 Å². The van der Waals surface area contributed by atoms with Crippen LogP contribution in [-0.2, 0) is 4.79 Å². The summed E-state index contributed by atoms with van der Waals surface area (Å²) in [6, 6.07) is -1.22. The van der Waals surface area contributed by atoms with Gasteiger partial charge < -0.3 is 15.7 Å². The Hall–Kier alpha value is -1.26. The molecule has 0 bridgehead atoms. The second-order valence-electron chi connectivity index (χ2n) is 3.67. The summed E-state index contributed by atoms with van der Waals surface area (Å²) in [5.41, 5.74) is 0. The Morgan fingerprint density at radius 1 is 1.27 bits per heavy atom. The van der Waals surface area contributed by atoms with Crippen LogP contribution in [0.1, 0.15) is 33.6 Å². The van der Waals surface area contributed by atoms with Crippen molar-refractivity contribution >= 4 is 12.0 Å². The summed E-state index contributed by atoms with van der Waals surface area (Å²) >= 11 is 0. The minimum Gasteiger partial charge on any atom is -0.480 e. The lowest BCUT2D eigenvalue weighted by atomic mass is 10.1. The topological polar surface area (TPSA) is 78.4 Å². The molecule has 0 aliphatic rings. The summed E-state index contributed by atoms with van der Waals surface area (Å²) in [5.74, 6) is -0.600. The third-order valence-corrected chi connectivity index (χ3v) is 2.32. The average Bonchev–Trinajstić information content (AvgIpc) is 2.21. The molecule has 0 aliphatic carbocycles. The molecule has 0 heterocycles. The van der Waals surface area contributed by atoms with Gasteiger partial charge in [-0.15, -0.1) is 0 Å². The normalized spacial score (nSPS) is 14.1. The summed E-state index contributed by atoms with van der Waals surface area (Å²) in [4.78, 5) is 21.9. The van der Waals surface area contributed by atoms with Gasteiger partial charge in [0.15, 0.2) is 0 Å². The maximum atomic E-state index is 11.3. The Morgan fingerprint density at radius 3 is 2.27 bits per heavy atom. The first-order chi connectivity index (χ1) is 7.01. The Labute approximate surface area is 90.2 Å². The van der Waals surface area contributed by atoms with Crippen LogP contribution in [0, 0.1) is 5.92 Å². The van der Waals surface area contributed by atoms with Gasteiger partial charge in [-0.1, -0.05) is 27.2 Å². The molecule has 3 N–H and O–H groups in total. The zero-order valence-corrected chi connectivity index (χ0v) is 9.54. The third-order valence-electron chi connectivity index (χ3n) is 2.32. The lowest BCUT2D eigenvalue weighted by Gasteiger charge is -2.14. The average molecular weight is 216 g/mol. The van der Waals surface area contributed by atoms with Crippen LogP contribution in [0.25, 0.3) is 0 Å². The van der Waals surface area contributed by atoms with Crippen molar-refractivity contribution in [2.75, 3.05) is 6.54 Å². The number of carbonyl (C=O) groups is 2. The van der Waals surface area contributed by atoms with Crippen molar-refractivity contribution in [1.82, 2.24) is 10.6 Å². The fourth-order valence-corrected chi connectivity index (χ4v) is 0.959.